The maximum atomic E-state index is 13.1. The number of alkyl carbamates (subject to hydrolysis) is 1. The molecule has 3 rings (SSSR count). The van der Waals surface area contributed by atoms with Crippen molar-refractivity contribution >= 4 is 23.0 Å². The predicted octanol–water partition coefficient (Wildman–Crippen LogP) is 4.64. The van der Waals surface area contributed by atoms with Gasteiger partial charge in [-0.05, 0) is 30.7 Å². The van der Waals surface area contributed by atoms with Crippen LogP contribution in [0.3, 0.4) is 0 Å². The second-order valence-electron chi connectivity index (χ2n) is 6.84. The zero-order valence-corrected chi connectivity index (χ0v) is 17.7. The molecule has 0 fully saturated rings. The number of carbonyl (C=O) groups excluding carboxylic acids is 1. The fourth-order valence-electron chi connectivity index (χ4n) is 2.97. The third-order valence-electron chi connectivity index (χ3n) is 4.59. The number of hydrogen-bond donors (Lipinski definition) is 2. The molecule has 0 atom stereocenters. The highest BCUT2D eigenvalue weighted by atomic mass is 19.4. The highest BCUT2D eigenvalue weighted by molar-refractivity contribution is 5.97. The number of alkyl halides is 3. The Labute approximate surface area is 185 Å². The number of hydrogen-bond acceptors (Lipinski definition) is 7. The van der Waals surface area contributed by atoms with Crippen LogP contribution in [0.25, 0.3) is 22.4 Å². The van der Waals surface area contributed by atoms with Crippen LogP contribution in [0.1, 0.15) is 41.7 Å². The summed E-state index contributed by atoms with van der Waals surface area (Å²) < 4.78 is 55.0. The number of ether oxygens (including phenoxy) is 2. The number of fused-ring (bicyclic) bond motifs is 1. The number of unbranched alkanes of at least 4 members (excludes halogenated alkanes) is 1. The molecule has 0 radical (unpaired) electrons. The monoisotopic (exact) mass is 467 g/mol. The van der Waals surface area contributed by atoms with Crippen molar-refractivity contribution in [2.45, 2.75) is 32.5 Å². The average Bonchev–Trinajstić information content (AvgIpc) is 3.20. The van der Waals surface area contributed by atoms with Gasteiger partial charge in [0.1, 0.15) is 17.0 Å². The lowest BCUT2D eigenvalue weighted by atomic mass is 10.1. The van der Waals surface area contributed by atoms with E-state index in [1.54, 1.807) is 0 Å². The van der Waals surface area contributed by atoms with Crippen LogP contribution in [-0.2, 0) is 17.5 Å². The molecule has 0 unspecified atom stereocenters. The van der Waals surface area contributed by atoms with Crippen LogP contribution in [-0.4, -0.2) is 40.9 Å². The molecule has 2 aromatic heterocycles. The van der Waals surface area contributed by atoms with Gasteiger partial charge in [-0.15, -0.1) is 0 Å². The van der Waals surface area contributed by atoms with E-state index >= 15 is 0 Å². The third-order valence-corrected chi connectivity index (χ3v) is 4.59. The van der Waals surface area contributed by atoms with E-state index in [0.717, 1.165) is 12.5 Å². The summed E-state index contributed by atoms with van der Waals surface area (Å²) in [6.07, 6.45) is -3.91. The zero-order chi connectivity index (χ0) is 24.2. The molecule has 9 nitrogen and oxygen atoms in total. The number of aromatic nitrogens is 2. The van der Waals surface area contributed by atoms with Gasteiger partial charge in [-0.2, -0.15) is 13.2 Å². The van der Waals surface area contributed by atoms with Crippen LogP contribution in [0.5, 0.6) is 5.75 Å². The Morgan fingerprint density at radius 1 is 1.18 bits per heavy atom. The van der Waals surface area contributed by atoms with E-state index in [9.17, 15) is 27.9 Å². The molecule has 0 spiro atoms. The molecular formula is C21H20F3N3O6. The first-order valence-electron chi connectivity index (χ1n) is 9.84. The Morgan fingerprint density at radius 3 is 2.58 bits per heavy atom. The largest absolute Gasteiger partial charge is 0.494 e. The molecule has 1 amide bonds. The van der Waals surface area contributed by atoms with E-state index in [0.29, 0.717) is 6.42 Å². The molecule has 33 heavy (non-hydrogen) atoms. The van der Waals surface area contributed by atoms with Gasteiger partial charge in [-0.3, -0.25) is 0 Å². The number of amides is 1. The van der Waals surface area contributed by atoms with Gasteiger partial charge in [0, 0.05) is 10.9 Å². The van der Waals surface area contributed by atoms with E-state index < -0.39 is 29.6 Å². The van der Waals surface area contributed by atoms with Crippen LogP contribution >= 0.6 is 0 Å². The first kappa shape index (κ1) is 23.8. The third kappa shape index (κ3) is 5.33. The van der Waals surface area contributed by atoms with Crippen LogP contribution in [0.4, 0.5) is 18.0 Å². The number of benzene rings is 1. The second kappa shape index (κ2) is 9.76. The summed E-state index contributed by atoms with van der Waals surface area (Å²) in [4.78, 5) is 31.0. The van der Waals surface area contributed by atoms with Crippen molar-refractivity contribution in [3.63, 3.8) is 0 Å². The highest BCUT2D eigenvalue weighted by Gasteiger charge is 2.33. The summed E-state index contributed by atoms with van der Waals surface area (Å²) in [5.41, 5.74) is -1.47. The number of carbonyl (C=O) groups is 2. The van der Waals surface area contributed by atoms with Gasteiger partial charge < -0.3 is 24.3 Å². The summed E-state index contributed by atoms with van der Waals surface area (Å²) in [5, 5.41) is 12.1. The molecular weight excluding hydrogens is 447 g/mol. The van der Waals surface area contributed by atoms with Crippen molar-refractivity contribution < 1.29 is 41.8 Å². The predicted molar refractivity (Wildman–Crippen MR) is 109 cm³/mol. The quantitative estimate of drug-likeness (QED) is 0.459. The van der Waals surface area contributed by atoms with Gasteiger partial charge >= 0.3 is 18.2 Å². The normalized spacial score (nSPS) is 11.4. The molecule has 0 aliphatic rings. The molecule has 2 N–H and O–H groups in total. The summed E-state index contributed by atoms with van der Waals surface area (Å²) in [5.74, 6) is -1.65. The number of carboxylic acid groups (broad SMARTS) is 1. The zero-order valence-electron chi connectivity index (χ0n) is 17.7. The standard InChI is InChI=1S/C21H20F3N3O6/c1-3-4-9-32-20(30)25-10-14-17(19(28)29)27-18(33-14)12-5-7-13(31-2)16-11(12)6-8-15(26-16)21(22,23)24/h5-8H,3-4,9-10H2,1-2H3,(H,25,30)(H,28,29). The van der Waals surface area contributed by atoms with E-state index in [1.165, 1.54) is 25.3 Å². The number of methoxy groups -OCH3 is 1. The van der Waals surface area contributed by atoms with Gasteiger partial charge in [0.15, 0.2) is 11.5 Å². The maximum Gasteiger partial charge on any atom is 0.433 e. The molecule has 0 aliphatic carbocycles. The Kier molecular flexibility index (Phi) is 7.04. The average molecular weight is 467 g/mol. The highest BCUT2D eigenvalue weighted by Crippen LogP contribution is 2.36. The van der Waals surface area contributed by atoms with Crippen LogP contribution in [0.15, 0.2) is 28.7 Å². The number of aromatic carboxylic acids is 1. The molecule has 0 saturated heterocycles. The smallest absolute Gasteiger partial charge is 0.433 e. The number of oxazole rings is 1. The lowest BCUT2D eigenvalue weighted by molar-refractivity contribution is -0.140. The Bertz CT molecular complexity index is 1180. The van der Waals surface area contributed by atoms with Gasteiger partial charge in [0.25, 0.3) is 0 Å². The lowest BCUT2D eigenvalue weighted by Gasteiger charge is -2.11. The fourth-order valence-corrected chi connectivity index (χ4v) is 2.97. The summed E-state index contributed by atoms with van der Waals surface area (Å²) in [6.45, 7) is 1.82. The van der Waals surface area contributed by atoms with Crippen molar-refractivity contribution in [1.29, 1.82) is 0 Å². The van der Waals surface area contributed by atoms with Crippen molar-refractivity contribution in [1.82, 2.24) is 15.3 Å². The van der Waals surface area contributed by atoms with Crippen molar-refractivity contribution in [3.8, 4) is 17.2 Å². The molecule has 3 aromatic rings. The van der Waals surface area contributed by atoms with Crippen LogP contribution < -0.4 is 10.1 Å². The van der Waals surface area contributed by atoms with Crippen LogP contribution in [0, 0.1) is 0 Å². The summed E-state index contributed by atoms with van der Waals surface area (Å²) in [6, 6.07) is 4.81. The van der Waals surface area contributed by atoms with E-state index in [-0.39, 0.29) is 47.0 Å². The lowest BCUT2D eigenvalue weighted by Crippen LogP contribution is -2.24. The number of rotatable bonds is 8. The van der Waals surface area contributed by atoms with E-state index in [4.69, 9.17) is 13.9 Å². The topological polar surface area (TPSA) is 124 Å². The second-order valence-corrected chi connectivity index (χ2v) is 6.84. The number of halogens is 3. The maximum absolute atomic E-state index is 13.1. The first-order valence-corrected chi connectivity index (χ1v) is 9.84. The number of carboxylic acids is 1. The van der Waals surface area contributed by atoms with Gasteiger partial charge in [-0.1, -0.05) is 13.3 Å². The number of pyridine rings is 1. The first-order chi connectivity index (χ1) is 15.7. The van der Waals surface area contributed by atoms with Gasteiger partial charge in [-0.25, -0.2) is 19.6 Å². The minimum absolute atomic E-state index is 0.0848. The van der Waals surface area contributed by atoms with E-state index in [2.05, 4.69) is 15.3 Å². The molecule has 12 heteroatoms. The van der Waals surface area contributed by atoms with Gasteiger partial charge in [0.2, 0.25) is 5.89 Å². The van der Waals surface area contributed by atoms with Gasteiger partial charge in [0.05, 0.1) is 20.3 Å². The van der Waals surface area contributed by atoms with Crippen molar-refractivity contribution in [2.75, 3.05) is 13.7 Å². The fraction of sp³-hybridized carbons (Fsp3) is 0.333. The minimum atomic E-state index is -4.67. The Balaban J connectivity index is 1.99. The minimum Gasteiger partial charge on any atom is -0.494 e. The van der Waals surface area contributed by atoms with Crippen molar-refractivity contribution in [3.05, 3.63) is 41.4 Å². The molecule has 0 saturated carbocycles. The SMILES string of the molecule is CCCCOC(=O)NCc1oc(-c2ccc(OC)c3nc(C(F)(F)F)ccc23)nc1C(=O)O. The molecule has 0 bridgehead atoms. The van der Waals surface area contributed by atoms with Crippen molar-refractivity contribution in [2.24, 2.45) is 0 Å². The number of nitrogens with zero attached hydrogens (tertiary/aromatic N) is 2. The molecule has 2 heterocycles. The Hall–Kier alpha value is -3.83. The molecule has 1 aromatic carbocycles. The summed E-state index contributed by atoms with van der Waals surface area (Å²) in [7, 11) is 1.29. The molecule has 0 aliphatic heterocycles. The Morgan fingerprint density at radius 2 is 1.94 bits per heavy atom. The van der Waals surface area contributed by atoms with Crippen LogP contribution in [0.2, 0.25) is 0 Å². The number of nitrogens with one attached hydrogen (secondary N) is 1. The molecule has 176 valence electrons. The summed E-state index contributed by atoms with van der Waals surface area (Å²) >= 11 is 0. The van der Waals surface area contributed by atoms with E-state index in [1.807, 2.05) is 6.92 Å².